The lowest BCUT2D eigenvalue weighted by atomic mass is 10.2. The van der Waals surface area contributed by atoms with E-state index in [0.717, 1.165) is 17.4 Å². The molecular weight excluding hydrogens is 276 g/mol. The van der Waals surface area contributed by atoms with Crippen molar-refractivity contribution in [2.45, 2.75) is 20.5 Å². The second-order valence-corrected chi connectivity index (χ2v) is 5.16. The normalized spacial score (nSPS) is 9.91. The molecule has 0 spiro atoms. The highest BCUT2D eigenvalue weighted by Gasteiger charge is 2.10. The molecule has 2 aromatic carbocycles. The smallest absolute Gasteiger partial charge is 0.172 e. The van der Waals surface area contributed by atoms with Crippen molar-refractivity contribution in [1.29, 1.82) is 0 Å². The first-order valence-electron chi connectivity index (χ1n) is 7.22. The quantitative estimate of drug-likeness (QED) is 0.560. The summed E-state index contributed by atoms with van der Waals surface area (Å²) in [4.78, 5) is 11.2. The van der Waals surface area contributed by atoms with Gasteiger partial charge in [0.2, 0.25) is 0 Å². The lowest BCUT2D eigenvalue weighted by molar-refractivity contribution is 0.111. The lowest BCUT2D eigenvalue weighted by Crippen LogP contribution is -2.03. The number of hydrogen-bond donors (Lipinski definition) is 0. The Morgan fingerprint density at radius 3 is 2.45 bits per heavy atom. The summed E-state index contributed by atoms with van der Waals surface area (Å²) in [6, 6.07) is 15.2. The van der Waals surface area contributed by atoms with E-state index in [-0.39, 0.29) is 0 Å². The predicted molar refractivity (Wildman–Crippen MR) is 87.5 cm³/mol. The third-order valence-corrected chi connectivity index (χ3v) is 3.09. The molecular formula is C19H20O3. The van der Waals surface area contributed by atoms with Gasteiger partial charge in [-0.15, -0.1) is 0 Å². The zero-order chi connectivity index (χ0) is 15.8. The van der Waals surface area contributed by atoms with E-state index in [1.807, 2.05) is 56.3 Å². The summed E-state index contributed by atoms with van der Waals surface area (Å²) in [5, 5.41) is 0. The number of benzene rings is 2. The maximum absolute atomic E-state index is 11.2. The summed E-state index contributed by atoms with van der Waals surface area (Å²) >= 11 is 0. The molecule has 0 radical (unpaired) electrons. The van der Waals surface area contributed by atoms with Crippen molar-refractivity contribution in [3.8, 4) is 11.5 Å². The number of hydrogen-bond acceptors (Lipinski definition) is 3. The van der Waals surface area contributed by atoms with E-state index >= 15 is 0 Å². The largest absolute Gasteiger partial charge is 0.485 e. The van der Waals surface area contributed by atoms with Crippen LogP contribution in [-0.2, 0) is 6.61 Å². The van der Waals surface area contributed by atoms with E-state index in [0.29, 0.717) is 30.3 Å². The topological polar surface area (TPSA) is 35.5 Å². The van der Waals surface area contributed by atoms with Gasteiger partial charge < -0.3 is 9.47 Å². The molecule has 0 saturated heterocycles. The van der Waals surface area contributed by atoms with Gasteiger partial charge in [-0.05, 0) is 37.6 Å². The number of ether oxygens (including phenoxy) is 2. The zero-order valence-corrected chi connectivity index (χ0v) is 12.9. The molecule has 2 aromatic rings. The molecule has 3 heteroatoms. The summed E-state index contributed by atoms with van der Waals surface area (Å²) in [7, 11) is 0. The first kappa shape index (κ1) is 15.8. The van der Waals surface area contributed by atoms with Crippen LogP contribution in [0.5, 0.6) is 11.5 Å². The minimum atomic E-state index is 0.412. The molecule has 0 heterocycles. The number of carbonyl (C=O) groups excluding carboxylic acids is 1. The van der Waals surface area contributed by atoms with Gasteiger partial charge in [0, 0.05) is 0 Å². The molecule has 0 fully saturated rings. The van der Waals surface area contributed by atoms with Crippen LogP contribution < -0.4 is 9.47 Å². The van der Waals surface area contributed by atoms with Crippen LogP contribution >= 0.6 is 0 Å². The second-order valence-electron chi connectivity index (χ2n) is 5.16. The van der Waals surface area contributed by atoms with Crippen LogP contribution in [0.4, 0.5) is 0 Å². The van der Waals surface area contributed by atoms with E-state index in [1.54, 1.807) is 12.1 Å². The van der Waals surface area contributed by atoms with Crippen molar-refractivity contribution >= 4 is 6.29 Å². The highest BCUT2D eigenvalue weighted by atomic mass is 16.5. The Morgan fingerprint density at radius 1 is 1.00 bits per heavy atom. The second kappa shape index (κ2) is 8.03. The molecule has 0 aliphatic heterocycles. The summed E-state index contributed by atoms with van der Waals surface area (Å²) in [5.74, 6) is 1.07. The minimum absolute atomic E-state index is 0.412. The van der Waals surface area contributed by atoms with Gasteiger partial charge in [0.15, 0.2) is 17.8 Å². The number of carbonyl (C=O) groups is 1. The Bertz CT molecular complexity index is 641. The minimum Gasteiger partial charge on any atom is -0.485 e. The third kappa shape index (κ3) is 4.48. The SMILES string of the molecule is CC(C)=CCOc1c(C=O)cccc1OCc1ccccc1. The van der Waals surface area contributed by atoms with E-state index in [4.69, 9.17) is 9.47 Å². The van der Waals surface area contributed by atoms with Crippen molar-refractivity contribution < 1.29 is 14.3 Å². The molecule has 0 saturated carbocycles. The van der Waals surface area contributed by atoms with E-state index < -0.39 is 0 Å². The van der Waals surface area contributed by atoms with Crippen molar-refractivity contribution in [2.24, 2.45) is 0 Å². The molecule has 22 heavy (non-hydrogen) atoms. The average Bonchev–Trinajstić information content (AvgIpc) is 2.54. The molecule has 0 amide bonds. The van der Waals surface area contributed by atoms with Gasteiger partial charge in [0.1, 0.15) is 13.2 Å². The molecule has 114 valence electrons. The third-order valence-electron chi connectivity index (χ3n) is 3.09. The number of para-hydroxylation sites is 1. The summed E-state index contributed by atoms with van der Waals surface area (Å²) in [6.07, 6.45) is 2.75. The number of allylic oxidation sites excluding steroid dienone is 1. The summed E-state index contributed by atoms with van der Waals surface area (Å²) in [6.45, 7) is 4.85. The Balaban J connectivity index is 2.15. The monoisotopic (exact) mass is 296 g/mol. The Hall–Kier alpha value is -2.55. The van der Waals surface area contributed by atoms with Crippen LogP contribution in [0.3, 0.4) is 0 Å². The van der Waals surface area contributed by atoms with Crippen molar-refractivity contribution in [2.75, 3.05) is 6.61 Å². The van der Waals surface area contributed by atoms with Crippen molar-refractivity contribution in [1.82, 2.24) is 0 Å². The zero-order valence-electron chi connectivity index (χ0n) is 12.9. The van der Waals surface area contributed by atoms with Crippen LogP contribution in [-0.4, -0.2) is 12.9 Å². The van der Waals surface area contributed by atoms with E-state index in [9.17, 15) is 4.79 Å². The van der Waals surface area contributed by atoms with Gasteiger partial charge in [0.25, 0.3) is 0 Å². The average molecular weight is 296 g/mol. The van der Waals surface area contributed by atoms with Crippen LogP contribution in [0.25, 0.3) is 0 Å². The van der Waals surface area contributed by atoms with Crippen molar-refractivity contribution in [3.63, 3.8) is 0 Å². The van der Waals surface area contributed by atoms with Gasteiger partial charge in [0.05, 0.1) is 5.56 Å². The lowest BCUT2D eigenvalue weighted by Gasteiger charge is -2.13. The first-order valence-corrected chi connectivity index (χ1v) is 7.22. The highest BCUT2D eigenvalue weighted by molar-refractivity contribution is 5.81. The molecule has 0 aliphatic rings. The Kier molecular flexibility index (Phi) is 5.78. The summed E-state index contributed by atoms with van der Waals surface area (Å²) in [5.41, 5.74) is 2.72. The molecule has 0 aliphatic carbocycles. The van der Waals surface area contributed by atoms with Crippen LogP contribution in [0.1, 0.15) is 29.8 Å². The van der Waals surface area contributed by atoms with Crippen LogP contribution in [0.15, 0.2) is 60.2 Å². The van der Waals surface area contributed by atoms with Gasteiger partial charge in [-0.1, -0.05) is 42.0 Å². The van der Waals surface area contributed by atoms with Gasteiger partial charge in [-0.2, -0.15) is 0 Å². The fourth-order valence-corrected chi connectivity index (χ4v) is 1.92. The number of rotatable bonds is 7. The fraction of sp³-hybridized carbons (Fsp3) is 0.211. The number of aldehydes is 1. The molecule has 3 nitrogen and oxygen atoms in total. The Labute approximate surface area is 131 Å². The molecule has 2 rings (SSSR count). The van der Waals surface area contributed by atoms with Crippen LogP contribution in [0, 0.1) is 0 Å². The first-order chi connectivity index (χ1) is 10.7. The Morgan fingerprint density at radius 2 is 1.77 bits per heavy atom. The van der Waals surface area contributed by atoms with Gasteiger partial charge in [-0.25, -0.2) is 0 Å². The predicted octanol–water partition coefficient (Wildman–Crippen LogP) is 4.42. The van der Waals surface area contributed by atoms with Crippen molar-refractivity contribution in [3.05, 3.63) is 71.3 Å². The standard InChI is InChI=1S/C19H20O3/c1-15(2)11-12-21-19-17(13-20)9-6-10-18(19)22-14-16-7-4-3-5-8-16/h3-11,13H,12,14H2,1-2H3. The van der Waals surface area contributed by atoms with Gasteiger partial charge in [-0.3, -0.25) is 4.79 Å². The molecule has 0 bridgehead atoms. The molecule has 0 aromatic heterocycles. The highest BCUT2D eigenvalue weighted by Crippen LogP contribution is 2.31. The molecule has 0 atom stereocenters. The molecule has 0 N–H and O–H groups in total. The molecule has 0 unspecified atom stereocenters. The maximum Gasteiger partial charge on any atom is 0.172 e. The van der Waals surface area contributed by atoms with E-state index in [1.165, 1.54) is 0 Å². The summed E-state index contributed by atoms with van der Waals surface area (Å²) < 4.78 is 11.5. The fourth-order valence-electron chi connectivity index (χ4n) is 1.92. The van der Waals surface area contributed by atoms with Gasteiger partial charge >= 0.3 is 0 Å². The van der Waals surface area contributed by atoms with E-state index in [2.05, 4.69) is 0 Å². The maximum atomic E-state index is 11.2. The van der Waals surface area contributed by atoms with Crippen LogP contribution in [0.2, 0.25) is 0 Å².